The summed E-state index contributed by atoms with van der Waals surface area (Å²) in [5.74, 6) is 2.07. The van der Waals surface area contributed by atoms with E-state index in [1.54, 1.807) is 19.2 Å². The Morgan fingerprint density at radius 1 is 1.19 bits per heavy atom. The molecule has 7 heteroatoms. The van der Waals surface area contributed by atoms with E-state index < -0.39 is 15.6 Å². The topological polar surface area (TPSA) is 73.8 Å². The smallest absolute Gasteiger partial charge is 0.241 e. The third-order valence-electron chi connectivity index (χ3n) is 4.52. The molecule has 1 aromatic carbocycles. The summed E-state index contributed by atoms with van der Waals surface area (Å²) in [5.41, 5.74) is 0.198. The minimum Gasteiger partial charge on any atom is -0.352 e. The van der Waals surface area contributed by atoms with Crippen LogP contribution in [0.5, 0.6) is 0 Å². The number of guanidine groups is 1. The largest absolute Gasteiger partial charge is 0.352 e. The predicted molar refractivity (Wildman–Crippen MR) is 111 cm³/mol. The zero-order valence-corrected chi connectivity index (χ0v) is 18.2. The van der Waals surface area contributed by atoms with E-state index in [-0.39, 0.29) is 0 Å². The lowest BCUT2D eigenvalue weighted by molar-refractivity contribution is 0.208. The number of nitrogens with one attached hydrogen (secondary N) is 2. The molecule has 0 aliphatic carbocycles. The van der Waals surface area contributed by atoms with Gasteiger partial charge in [0.25, 0.3) is 0 Å². The summed E-state index contributed by atoms with van der Waals surface area (Å²) < 4.78 is 28.3. The molecule has 1 fully saturated rings. The molecule has 0 saturated carbocycles. The Bertz CT molecular complexity index is 758. The second-order valence-corrected chi connectivity index (χ2v) is 10.4. The van der Waals surface area contributed by atoms with Crippen molar-refractivity contribution < 1.29 is 8.42 Å². The van der Waals surface area contributed by atoms with Crippen LogP contribution in [-0.4, -0.2) is 45.0 Å². The van der Waals surface area contributed by atoms with Gasteiger partial charge in [-0.1, -0.05) is 32.0 Å². The van der Waals surface area contributed by atoms with Crippen molar-refractivity contribution in [1.29, 1.82) is 0 Å². The first kappa shape index (κ1) is 21.7. The van der Waals surface area contributed by atoms with Gasteiger partial charge in [-0.25, -0.2) is 13.1 Å². The molecular formula is C20H34N4O2S. The molecule has 2 N–H and O–H groups in total. The molecule has 0 spiro atoms. The highest BCUT2D eigenvalue weighted by atomic mass is 32.2. The molecule has 0 bridgehead atoms. The normalized spacial score (nSPS) is 22.0. The van der Waals surface area contributed by atoms with Crippen molar-refractivity contribution in [3.8, 4) is 0 Å². The fourth-order valence-electron chi connectivity index (χ4n) is 3.71. The highest BCUT2D eigenvalue weighted by Crippen LogP contribution is 2.21. The van der Waals surface area contributed by atoms with Crippen LogP contribution in [0.1, 0.15) is 46.6 Å². The third-order valence-corrected chi connectivity index (χ3v) is 6.38. The van der Waals surface area contributed by atoms with Crippen molar-refractivity contribution in [2.45, 2.75) is 58.0 Å². The Labute approximate surface area is 164 Å². The minimum absolute atomic E-state index is 0.309. The molecule has 1 heterocycles. The number of sulfonamides is 1. The summed E-state index contributed by atoms with van der Waals surface area (Å²) in [6, 6.07) is 7.11. The van der Waals surface area contributed by atoms with Gasteiger partial charge in [0.2, 0.25) is 10.0 Å². The maximum Gasteiger partial charge on any atom is 0.241 e. The Morgan fingerprint density at radius 3 is 2.33 bits per heavy atom. The lowest BCUT2D eigenvalue weighted by atomic mass is 9.92. The second-order valence-electron chi connectivity index (χ2n) is 8.72. The number of aliphatic imine (C=N–C) groups is 1. The van der Waals surface area contributed by atoms with E-state index >= 15 is 0 Å². The van der Waals surface area contributed by atoms with E-state index in [1.807, 2.05) is 32.9 Å². The summed E-state index contributed by atoms with van der Waals surface area (Å²) >= 11 is 0. The van der Waals surface area contributed by atoms with Crippen molar-refractivity contribution in [2.75, 3.05) is 20.1 Å². The van der Waals surface area contributed by atoms with E-state index in [0.717, 1.165) is 24.6 Å². The van der Waals surface area contributed by atoms with Gasteiger partial charge in [-0.2, -0.15) is 0 Å². The summed E-state index contributed by atoms with van der Waals surface area (Å²) in [5, 5.41) is 3.36. The second kappa shape index (κ2) is 8.61. The van der Waals surface area contributed by atoms with E-state index in [2.05, 4.69) is 33.8 Å². The molecule has 27 heavy (non-hydrogen) atoms. The average Bonchev–Trinajstić information content (AvgIpc) is 2.52. The molecule has 152 valence electrons. The quantitative estimate of drug-likeness (QED) is 0.608. The molecule has 0 aromatic heterocycles. The SMILES string of the molecule is CN=C(NCc1ccccc1S(=O)(=O)NC(C)(C)C)N1CC(C)CC(C)C1. The predicted octanol–water partition coefficient (Wildman–Crippen LogP) is 2.82. The molecule has 2 atom stereocenters. The molecular weight excluding hydrogens is 360 g/mol. The van der Waals surface area contributed by atoms with Crippen molar-refractivity contribution in [1.82, 2.24) is 14.9 Å². The van der Waals surface area contributed by atoms with Gasteiger partial charge in [-0.15, -0.1) is 0 Å². The van der Waals surface area contributed by atoms with Crippen LogP contribution < -0.4 is 10.0 Å². The van der Waals surface area contributed by atoms with E-state index in [1.165, 1.54) is 6.42 Å². The lowest BCUT2D eigenvalue weighted by Gasteiger charge is -2.37. The minimum atomic E-state index is -3.59. The van der Waals surface area contributed by atoms with Gasteiger partial charge in [0.05, 0.1) is 4.90 Å². The lowest BCUT2D eigenvalue weighted by Crippen LogP contribution is -2.48. The summed E-state index contributed by atoms with van der Waals surface area (Å²) in [6.45, 7) is 12.4. The zero-order chi connectivity index (χ0) is 20.2. The highest BCUT2D eigenvalue weighted by Gasteiger charge is 2.26. The fraction of sp³-hybridized carbons (Fsp3) is 0.650. The van der Waals surface area contributed by atoms with Gasteiger partial charge in [0, 0.05) is 32.2 Å². The van der Waals surface area contributed by atoms with E-state index in [9.17, 15) is 8.42 Å². The van der Waals surface area contributed by atoms with Crippen molar-refractivity contribution in [3.63, 3.8) is 0 Å². The molecule has 6 nitrogen and oxygen atoms in total. The first-order valence-electron chi connectivity index (χ1n) is 9.59. The Hall–Kier alpha value is -1.60. The maximum atomic E-state index is 12.8. The summed E-state index contributed by atoms with van der Waals surface area (Å²) in [7, 11) is -1.82. The van der Waals surface area contributed by atoms with Crippen LogP contribution in [0.2, 0.25) is 0 Å². The Kier molecular flexibility index (Phi) is 6.92. The van der Waals surface area contributed by atoms with Crippen LogP contribution in [0, 0.1) is 11.8 Å². The molecule has 1 aliphatic rings. The number of hydrogen-bond acceptors (Lipinski definition) is 3. The van der Waals surface area contributed by atoms with E-state index in [4.69, 9.17) is 0 Å². The molecule has 1 aromatic rings. The standard InChI is InChI=1S/C20H34N4O2S/c1-15-11-16(2)14-24(13-15)19(21-6)22-12-17-9-7-8-10-18(17)27(25,26)23-20(3,4)5/h7-10,15-16,23H,11-14H2,1-6H3,(H,21,22). The van der Waals surface area contributed by atoms with Crippen molar-refractivity contribution in [3.05, 3.63) is 29.8 Å². The molecule has 0 radical (unpaired) electrons. The molecule has 1 saturated heterocycles. The molecule has 0 amide bonds. The van der Waals surface area contributed by atoms with Crippen LogP contribution in [0.3, 0.4) is 0 Å². The Balaban J connectivity index is 2.16. The first-order chi connectivity index (χ1) is 12.5. The van der Waals surface area contributed by atoms with Gasteiger partial charge in [0.15, 0.2) is 5.96 Å². The first-order valence-corrected chi connectivity index (χ1v) is 11.1. The molecule has 1 aliphatic heterocycles. The van der Waals surface area contributed by atoms with E-state index in [0.29, 0.717) is 23.3 Å². The van der Waals surface area contributed by atoms with Gasteiger partial charge >= 0.3 is 0 Å². The molecule has 2 unspecified atom stereocenters. The summed E-state index contributed by atoms with van der Waals surface area (Å²) in [4.78, 5) is 6.99. The number of nitrogens with zero attached hydrogens (tertiary/aromatic N) is 2. The van der Waals surface area contributed by atoms with Gasteiger partial charge in [-0.3, -0.25) is 4.99 Å². The van der Waals surface area contributed by atoms with Gasteiger partial charge in [-0.05, 0) is 50.7 Å². The van der Waals surface area contributed by atoms with Crippen LogP contribution in [0.25, 0.3) is 0 Å². The van der Waals surface area contributed by atoms with Gasteiger partial charge in [0.1, 0.15) is 0 Å². The fourth-order valence-corrected chi connectivity index (χ4v) is 5.37. The van der Waals surface area contributed by atoms with Crippen molar-refractivity contribution >= 4 is 16.0 Å². The molecule has 2 rings (SSSR count). The van der Waals surface area contributed by atoms with Crippen LogP contribution in [-0.2, 0) is 16.6 Å². The number of benzene rings is 1. The number of likely N-dealkylation sites (tertiary alicyclic amines) is 1. The number of piperidine rings is 1. The van der Waals surface area contributed by atoms with Crippen LogP contribution in [0.15, 0.2) is 34.2 Å². The van der Waals surface area contributed by atoms with Crippen molar-refractivity contribution in [2.24, 2.45) is 16.8 Å². The number of rotatable bonds is 4. The third kappa shape index (κ3) is 6.21. The maximum absolute atomic E-state index is 12.8. The summed E-state index contributed by atoms with van der Waals surface area (Å²) in [6.07, 6.45) is 1.23. The highest BCUT2D eigenvalue weighted by molar-refractivity contribution is 7.89. The average molecular weight is 395 g/mol. The Morgan fingerprint density at radius 2 is 1.78 bits per heavy atom. The number of hydrogen-bond donors (Lipinski definition) is 2. The van der Waals surface area contributed by atoms with Gasteiger partial charge < -0.3 is 10.2 Å². The monoisotopic (exact) mass is 394 g/mol. The van der Waals surface area contributed by atoms with Crippen LogP contribution in [0.4, 0.5) is 0 Å². The van der Waals surface area contributed by atoms with Crippen LogP contribution >= 0.6 is 0 Å². The zero-order valence-electron chi connectivity index (χ0n) is 17.4.